The molecular formula is C12H22O8. The van der Waals surface area contributed by atoms with Gasteiger partial charge in [-0.3, -0.25) is 0 Å². The van der Waals surface area contributed by atoms with Gasteiger partial charge in [-0.15, -0.1) is 0 Å². The summed E-state index contributed by atoms with van der Waals surface area (Å²) in [5.41, 5.74) is -1.67. The Morgan fingerprint density at radius 2 is 1.50 bits per heavy atom. The molecule has 0 saturated carbocycles. The van der Waals surface area contributed by atoms with Crippen molar-refractivity contribution in [1.29, 1.82) is 0 Å². The number of rotatable bonds is 9. The summed E-state index contributed by atoms with van der Waals surface area (Å²) < 4.78 is 4.45. The fourth-order valence-electron chi connectivity index (χ4n) is 1.79. The molecule has 8 nitrogen and oxygen atoms in total. The van der Waals surface area contributed by atoms with Crippen molar-refractivity contribution in [2.24, 2.45) is 0 Å². The molecule has 0 aliphatic carbocycles. The third-order valence-corrected chi connectivity index (χ3v) is 2.85. The zero-order chi connectivity index (χ0) is 15.9. The number of aliphatic carboxylic acids is 1. The van der Waals surface area contributed by atoms with Gasteiger partial charge in [-0.25, -0.2) is 9.59 Å². The third kappa shape index (κ3) is 5.04. The Balaban J connectivity index is 4.74. The molecule has 8 heteroatoms. The standard InChI is InChI=1S/C12H22O8/c1-3-5-12(19,6-4-2)11(18)20-10(17)8(14)7(13)9(15)16/h7-8,11,13-14,18-19H,3-6H2,1-2H3,(H,15,16). The Bertz CT molecular complexity index is 323. The largest absolute Gasteiger partial charge is 0.479 e. The number of esters is 1. The van der Waals surface area contributed by atoms with E-state index >= 15 is 0 Å². The maximum atomic E-state index is 11.4. The second-order valence-corrected chi connectivity index (χ2v) is 4.62. The molecule has 3 atom stereocenters. The molecule has 0 saturated heterocycles. The van der Waals surface area contributed by atoms with Crippen molar-refractivity contribution in [3.05, 3.63) is 0 Å². The number of carboxylic acid groups (broad SMARTS) is 1. The molecule has 0 aliphatic rings. The quantitative estimate of drug-likeness (QED) is 0.268. The van der Waals surface area contributed by atoms with E-state index in [0.717, 1.165) is 0 Å². The normalized spacial score (nSPS) is 16.3. The van der Waals surface area contributed by atoms with Crippen molar-refractivity contribution in [2.45, 2.75) is 63.6 Å². The Morgan fingerprint density at radius 3 is 1.85 bits per heavy atom. The van der Waals surface area contributed by atoms with Crippen molar-refractivity contribution < 1.29 is 39.9 Å². The van der Waals surface area contributed by atoms with E-state index in [4.69, 9.17) is 10.2 Å². The topological polar surface area (TPSA) is 145 Å². The zero-order valence-corrected chi connectivity index (χ0v) is 11.5. The first-order valence-electron chi connectivity index (χ1n) is 6.39. The number of aliphatic hydroxyl groups is 4. The van der Waals surface area contributed by atoms with Crippen LogP contribution in [-0.2, 0) is 14.3 Å². The molecular weight excluding hydrogens is 272 g/mol. The van der Waals surface area contributed by atoms with Gasteiger partial charge in [0.05, 0.1) is 0 Å². The second-order valence-electron chi connectivity index (χ2n) is 4.62. The summed E-state index contributed by atoms with van der Waals surface area (Å²) in [5, 5.41) is 46.6. The molecule has 118 valence electrons. The molecule has 0 heterocycles. The fourth-order valence-corrected chi connectivity index (χ4v) is 1.79. The lowest BCUT2D eigenvalue weighted by Crippen LogP contribution is -2.48. The van der Waals surface area contributed by atoms with Crippen molar-refractivity contribution in [2.75, 3.05) is 0 Å². The molecule has 3 unspecified atom stereocenters. The Labute approximate surface area is 116 Å². The third-order valence-electron chi connectivity index (χ3n) is 2.85. The number of hydrogen-bond acceptors (Lipinski definition) is 7. The van der Waals surface area contributed by atoms with Crippen LogP contribution in [0.5, 0.6) is 0 Å². The highest BCUT2D eigenvalue weighted by molar-refractivity contribution is 5.84. The molecule has 0 radical (unpaired) electrons. The minimum absolute atomic E-state index is 0.160. The first-order chi connectivity index (χ1) is 9.19. The van der Waals surface area contributed by atoms with Crippen molar-refractivity contribution >= 4 is 11.9 Å². The van der Waals surface area contributed by atoms with E-state index in [0.29, 0.717) is 12.8 Å². The maximum absolute atomic E-state index is 11.4. The predicted octanol–water partition coefficient (Wildman–Crippen LogP) is -1.01. The van der Waals surface area contributed by atoms with Crippen LogP contribution in [0.25, 0.3) is 0 Å². The molecule has 5 N–H and O–H groups in total. The molecule has 20 heavy (non-hydrogen) atoms. The van der Waals surface area contributed by atoms with Crippen LogP contribution < -0.4 is 0 Å². The van der Waals surface area contributed by atoms with Gasteiger partial charge in [0.15, 0.2) is 12.2 Å². The SMILES string of the molecule is CCCC(O)(CCC)C(O)OC(=O)C(O)C(O)C(=O)O. The summed E-state index contributed by atoms with van der Waals surface area (Å²) in [5.74, 6) is -3.32. The van der Waals surface area contributed by atoms with Crippen molar-refractivity contribution in [1.82, 2.24) is 0 Å². The number of hydrogen-bond donors (Lipinski definition) is 5. The molecule has 0 aromatic heterocycles. The van der Waals surface area contributed by atoms with Crippen LogP contribution in [0.3, 0.4) is 0 Å². The molecule has 0 aliphatic heterocycles. The minimum atomic E-state index is -2.36. The van der Waals surface area contributed by atoms with E-state index in [-0.39, 0.29) is 12.8 Å². The Kier molecular flexibility index (Phi) is 7.66. The fraction of sp³-hybridized carbons (Fsp3) is 0.833. The van der Waals surface area contributed by atoms with E-state index in [9.17, 15) is 24.9 Å². The lowest BCUT2D eigenvalue weighted by atomic mass is 9.92. The highest BCUT2D eigenvalue weighted by Crippen LogP contribution is 2.25. The van der Waals surface area contributed by atoms with Gasteiger partial charge < -0.3 is 30.3 Å². The summed E-state index contributed by atoms with van der Waals surface area (Å²) in [6.07, 6.45) is -5.25. The van der Waals surface area contributed by atoms with Crippen LogP contribution in [0.4, 0.5) is 0 Å². The first kappa shape index (κ1) is 18.8. The summed E-state index contributed by atoms with van der Waals surface area (Å²) in [6.45, 7) is 3.52. The lowest BCUT2D eigenvalue weighted by molar-refractivity contribution is -0.228. The molecule has 0 bridgehead atoms. The first-order valence-corrected chi connectivity index (χ1v) is 6.39. The maximum Gasteiger partial charge on any atom is 0.340 e. The Hall–Kier alpha value is -1.22. The number of ether oxygens (including phenoxy) is 1. The van der Waals surface area contributed by atoms with E-state index in [2.05, 4.69) is 4.74 Å². The molecule has 0 rings (SSSR count). The van der Waals surface area contributed by atoms with Gasteiger partial charge in [0.25, 0.3) is 0 Å². The van der Waals surface area contributed by atoms with Gasteiger partial charge in [0, 0.05) is 0 Å². The van der Waals surface area contributed by atoms with Gasteiger partial charge in [-0.2, -0.15) is 0 Å². The molecule has 0 fully saturated rings. The van der Waals surface area contributed by atoms with Gasteiger partial charge in [-0.05, 0) is 12.8 Å². The number of carbonyl (C=O) groups excluding carboxylic acids is 1. The van der Waals surface area contributed by atoms with Crippen molar-refractivity contribution in [3.8, 4) is 0 Å². The highest BCUT2D eigenvalue weighted by atomic mass is 16.7. The number of aliphatic hydroxyl groups excluding tert-OH is 3. The average Bonchev–Trinajstić information content (AvgIpc) is 2.37. The minimum Gasteiger partial charge on any atom is -0.479 e. The predicted molar refractivity (Wildman–Crippen MR) is 66.5 cm³/mol. The zero-order valence-electron chi connectivity index (χ0n) is 11.5. The van der Waals surface area contributed by atoms with Crippen LogP contribution in [0, 0.1) is 0 Å². The number of carbonyl (C=O) groups is 2. The van der Waals surface area contributed by atoms with Crippen LogP contribution in [-0.4, -0.2) is 61.6 Å². The van der Waals surface area contributed by atoms with E-state index in [1.54, 1.807) is 13.8 Å². The summed E-state index contributed by atoms with van der Waals surface area (Å²) >= 11 is 0. The van der Waals surface area contributed by atoms with Crippen LogP contribution >= 0.6 is 0 Å². The summed E-state index contributed by atoms with van der Waals surface area (Å²) in [7, 11) is 0. The smallest absolute Gasteiger partial charge is 0.340 e. The van der Waals surface area contributed by atoms with Gasteiger partial charge in [0.1, 0.15) is 5.60 Å². The monoisotopic (exact) mass is 294 g/mol. The highest BCUT2D eigenvalue weighted by Gasteiger charge is 2.40. The summed E-state index contributed by atoms with van der Waals surface area (Å²) in [6, 6.07) is 0. The second kappa shape index (κ2) is 8.15. The van der Waals surface area contributed by atoms with E-state index in [1.807, 2.05) is 0 Å². The Morgan fingerprint density at radius 1 is 1.05 bits per heavy atom. The molecule has 0 aromatic carbocycles. The molecule has 0 aromatic rings. The number of carboxylic acids is 1. The van der Waals surface area contributed by atoms with Crippen LogP contribution in [0.1, 0.15) is 39.5 Å². The summed E-state index contributed by atoms with van der Waals surface area (Å²) in [4.78, 5) is 21.8. The average molecular weight is 294 g/mol. The van der Waals surface area contributed by atoms with E-state index < -0.39 is 36.0 Å². The van der Waals surface area contributed by atoms with E-state index in [1.165, 1.54) is 0 Å². The molecule has 0 spiro atoms. The van der Waals surface area contributed by atoms with Crippen LogP contribution in [0.15, 0.2) is 0 Å². The lowest BCUT2D eigenvalue weighted by Gasteiger charge is -2.32. The molecule has 0 amide bonds. The van der Waals surface area contributed by atoms with Crippen LogP contribution in [0.2, 0.25) is 0 Å². The van der Waals surface area contributed by atoms with Gasteiger partial charge in [-0.1, -0.05) is 26.7 Å². The van der Waals surface area contributed by atoms with Crippen molar-refractivity contribution in [3.63, 3.8) is 0 Å². The van der Waals surface area contributed by atoms with Gasteiger partial charge >= 0.3 is 11.9 Å². The van der Waals surface area contributed by atoms with Gasteiger partial charge in [0.2, 0.25) is 6.29 Å².